The van der Waals surface area contributed by atoms with Crippen LogP contribution in [0.2, 0.25) is 0 Å². The highest BCUT2D eigenvalue weighted by molar-refractivity contribution is 9.11. The Labute approximate surface area is 178 Å². The Hall–Kier alpha value is -1.46. The lowest BCUT2D eigenvalue weighted by molar-refractivity contribution is 0.386. The minimum atomic E-state index is 0.329. The predicted octanol–water partition coefficient (Wildman–Crippen LogP) is 5.28. The van der Waals surface area contributed by atoms with Crippen LogP contribution in [0.1, 0.15) is 57.1 Å². The molecule has 156 valence electrons. The molecule has 1 aromatic carbocycles. The first-order chi connectivity index (χ1) is 13.5. The summed E-state index contributed by atoms with van der Waals surface area (Å²) in [6, 6.07) is 4.46. The number of benzene rings is 1. The maximum absolute atomic E-state index is 5.63. The minimum Gasteiger partial charge on any atom is -0.497 e. The zero-order chi connectivity index (χ0) is 20.5. The number of dihydropyridines is 1. The number of aryl methyl sites for hydroxylation is 1. The summed E-state index contributed by atoms with van der Waals surface area (Å²) >= 11 is 3.56. The quantitative estimate of drug-likeness (QED) is 0.578. The summed E-state index contributed by atoms with van der Waals surface area (Å²) in [5, 5.41) is 6.80. The van der Waals surface area contributed by atoms with E-state index in [1.54, 1.807) is 14.2 Å². The molecule has 0 saturated heterocycles. The molecule has 0 spiro atoms. The number of fused-ring (bicyclic) bond motifs is 2. The second-order valence-electron chi connectivity index (χ2n) is 7.33. The van der Waals surface area contributed by atoms with Crippen LogP contribution in [0.5, 0.6) is 11.5 Å². The van der Waals surface area contributed by atoms with Gasteiger partial charge in [0.15, 0.2) is 0 Å². The fourth-order valence-corrected chi connectivity index (χ4v) is 4.30. The van der Waals surface area contributed by atoms with Gasteiger partial charge in [-0.25, -0.2) is 0 Å². The van der Waals surface area contributed by atoms with Gasteiger partial charge in [0.2, 0.25) is 0 Å². The lowest BCUT2D eigenvalue weighted by atomic mass is 9.87. The van der Waals surface area contributed by atoms with Gasteiger partial charge in [-0.2, -0.15) is 0 Å². The third-order valence-corrected chi connectivity index (χ3v) is 5.73. The van der Waals surface area contributed by atoms with E-state index < -0.39 is 0 Å². The summed E-state index contributed by atoms with van der Waals surface area (Å²) in [4.78, 5) is 0. The summed E-state index contributed by atoms with van der Waals surface area (Å²) in [5.74, 6) is 2.14. The van der Waals surface area contributed by atoms with E-state index in [1.165, 1.54) is 42.6 Å². The van der Waals surface area contributed by atoms with Crippen LogP contribution in [-0.4, -0.2) is 33.4 Å². The van der Waals surface area contributed by atoms with Gasteiger partial charge < -0.3 is 20.1 Å². The second-order valence-corrected chi connectivity index (χ2v) is 8.25. The summed E-state index contributed by atoms with van der Waals surface area (Å²) in [6.45, 7) is 8.98. The van der Waals surface area contributed by atoms with Crippen molar-refractivity contribution in [2.45, 2.75) is 58.4 Å². The normalized spacial score (nSPS) is 20.2. The van der Waals surface area contributed by atoms with Crippen molar-refractivity contribution in [2.24, 2.45) is 0 Å². The van der Waals surface area contributed by atoms with Crippen molar-refractivity contribution in [1.82, 2.24) is 10.6 Å². The van der Waals surface area contributed by atoms with Crippen LogP contribution in [0.4, 0.5) is 0 Å². The molecule has 2 aliphatic rings. The van der Waals surface area contributed by atoms with Crippen molar-refractivity contribution in [1.29, 1.82) is 0 Å². The number of ether oxygens (including phenoxy) is 2. The van der Waals surface area contributed by atoms with Crippen LogP contribution in [-0.2, 0) is 6.42 Å². The summed E-state index contributed by atoms with van der Waals surface area (Å²) in [7, 11) is 3.43. The van der Waals surface area contributed by atoms with Gasteiger partial charge in [-0.3, -0.25) is 0 Å². The van der Waals surface area contributed by atoms with Crippen LogP contribution in [0.15, 0.2) is 34.5 Å². The molecule has 2 atom stereocenters. The van der Waals surface area contributed by atoms with E-state index in [-0.39, 0.29) is 0 Å². The highest BCUT2D eigenvalue weighted by Gasteiger charge is 2.31. The molecule has 0 aromatic heterocycles. The number of halogens is 1. The maximum atomic E-state index is 5.63. The van der Waals surface area contributed by atoms with Crippen LogP contribution in [0.25, 0.3) is 0 Å². The number of nitrogens with one attached hydrogen (secondary N) is 2. The first-order valence-corrected chi connectivity index (χ1v) is 11.1. The first-order valence-electron chi connectivity index (χ1n) is 10.3. The predicted molar refractivity (Wildman–Crippen MR) is 122 cm³/mol. The number of allylic oxidation sites excluding steroid dienone is 2. The molecule has 0 amide bonds. The molecule has 3 rings (SSSR count). The van der Waals surface area contributed by atoms with Gasteiger partial charge in [0.1, 0.15) is 11.5 Å². The maximum Gasteiger partial charge on any atom is 0.126 e. The molecule has 1 aliphatic carbocycles. The van der Waals surface area contributed by atoms with Gasteiger partial charge in [-0.05, 0) is 78.0 Å². The molecule has 1 aromatic rings. The van der Waals surface area contributed by atoms with E-state index in [0.717, 1.165) is 28.8 Å². The molecule has 0 bridgehead atoms. The van der Waals surface area contributed by atoms with E-state index in [9.17, 15) is 0 Å². The van der Waals surface area contributed by atoms with Gasteiger partial charge >= 0.3 is 0 Å². The summed E-state index contributed by atoms with van der Waals surface area (Å²) in [5.41, 5.74) is 4.06. The van der Waals surface area contributed by atoms with Gasteiger partial charge in [0.05, 0.1) is 20.3 Å². The number of hydrogen-bond donors (Lipinski definition) is 2. The van der Waals surface area contributed by atoms with E-state index in [2.05, 4.69) is 59.5 Å². The number of rotatable bonds is 6. The molecule has 1 heterocycles. The third-order valence-electron chi connectivity index (χ3n) is 5.27. The molecular weight excluding hydrogens is 416 g/mol. The Morgan fingerprint density at radius 2 is 1.82 bits per heavy atom. The van der Waals surface area contributed by atoms with Crippen LogP contribution in [0.3, 0.4) is 0 Å². The fourth-order valence-electron chi connectivity index (χ4n) is 3.87. The van der Waals surface area contributed by atoms with E-state index >= 15 is 0 Å². The first kappa shape index (κ1) is 22.8. The van der Waals surface area contributed by atoms with Crippen molar-refractivity contribution in [3.63, 3.8) is 0 Å². The van der Waals surface area contributed by atoms with Gasteiger partial charge in [0.25, 0.3) is 0 Å². The lowest BCUT2D eigenvalue weighted by Gasteiger charge is -2.29. The van der Waals surface area contributed by atoms with Crippen molar-refractivity contribution >= 4 is 15.9 Å². The average Bonchev–Trinajstić information content (AvgIpc) is 2.84. The monoisotopic (exact) mass is 450 g/mol. The van der Waals surface area contributed by atoms with Gasteiger partial charge in [-0.1, -0.05) is 20.8 Å². The van der Waals surface area contributed by atoms with E-state index in [1.807, 2.05) is 12.3 Å². The van der Waals surface area contributed by atoms with Gasteiger partial charge in [-0.15, -0.1) is 0 Å². The molecule has 0 radical (unpaired) electrons. The number of methoxy groups -OCH3 is 2. The minimum absolute atomic E-state index is 0.329. The molecule has 0 fully saturated rings. The van der Waals surface area contributed by atoms with Crippen molar-refractivity contribution in [2.75, 3.05) is 27.3 Å². The Morgan fingerprint density at radius 1 is 1.11 bits per heavy atom. The molecule has 5 heteroatoms. The summed E-state index contributed by atoms with van der Waals surface area (Å²) < 4.78 is 12.1. The molecular formula is C23H35BrN2O2. The lowest BCUT2D eigenvalue weighted by Crippen LogP contribution is -2.33. The Bertz CT molecular complexity index is 696. The van der Waals surface area contributed by atoms with E-state index in [0.29, 0.717) is 12.0 Å². The second kappa shape index (κ2) is 11.5. The van der Waals surface area contributed by atoms with Crippen molar-refractivity contribution < 1.29 is 9.47 Å². The molecule has 28 heavy (non-hydrogen) atoms. The SMILES string of the molecule is CCCNCCC.COc1cc2c(c(OC)c1)C(C)C1NC=C(Br)C=C1CC2. The van der Waals surface area contributed by atoms with Gasteiger partial charge in [0, 0.05) is 28.2 Å². The van der Waals surface area contributed by atoms with Crippen molar-refractivity contribution in [3.8, 4) is 11.5 Å². The zero-order valence-corrected chi connectivity index (χ0v) is 19.5. The van der Waals surface area contributed by atoms with Crippen LogP contribution < -0.4 is 20.1 Å². The Balaban J connectivity index is 0.000000345. The van der Waals surface area contributed by atoms with Crippen LogP contribution >= 0.6 is 15.9 Å². The molecule has 4 nitrogen and oxygen atoms in total. The highest BCUT2D eigenvalue weighted by Crippen LogP contribution is 2.42. The van der Waals surface area contributed by atoms with E-state index in [4.69, 9.17) is 9.47 Å². The number of hydrogen-bond acceptors (Lipinski definition) is 4. The Kier molecular flexibility index (Phi) is 9.39. The smallest absolute Gasteiger partial charge is 0.126 e. The third kappa shape index (κ3) is 5.77. The van der Waals surface area contributed by atoms with Crippen molar-refractivity contribution in [3.05, 3.63) is 45.6 Å². The zero-order valence-electron chi connectivity index (χ0n) is 17.9. The largest absolute Gasteiger partial charge is 0.497 e. The fraction of sp³-hybridized carbons (Fsp3) is 0.565. The Morgan fingerprint density at radius 3 is 2.43 bits per heavy atom. The summed E-state index contributed by atoms with van der Waals surface area (Å²) in [6.07, 6.45) is 8.84. The van der Waals surface area contributed by atoms with Crippen LogP contribution in [0, 0.1) is 0 Å². The molecule has 2 unspecified atom stereocenters. The highest BCUT2D eigenvalue weighted by atomic mass is 79.9. The topological polar surface area (TPSA) is 42.5 Å². The molecule has 1 aliphatic heterocycles. The standard InChI is InChI=1S/C17H20BrNO2.C6H15N/c1-10-16-11(7-14(20-2)8-15(16)21-3)4-5-12-6-13(18)9-19-17(10)12;1-3-5-7-6-4-2/h6-10,17,19H,4-5H2,1-3H3;7H,3-6H2,1-2H3. The average molecular weight is 451 g/mol. The molecule has 0 saturated carbocycles. The molecule has 2 N–H and O–H groups in total.